The van der Waals surface area contributed by atoms with Crippen molar-refractivity contribution in [2.45, 2.75) is 30.6 Å². The molecule has 2 aromatic carbocycles. The van der Waals surface area contributed by atoms with Gasteiger partial charge in [-0.3, -0.25) is 9.79 Å². The van der Waals surface area contributed by atoms with Crippen LogP contribution in [0, 0.1) is 5.92 Å². The van der Waals surface area contributed by atoms with Crippen LogP contribution in [0.25, 0.3) is 6.08 Å². The minimum Gasteiger partial charge on any atom is -0.296 e. The smallest absolute Gasteiger partial charge is 0.238 e. The Morgan fingerprint density at radius 3 is 2.46 bits per heavy atom. The molecule has 3 rings (SSSR count). The Hall–Kier alpha value is -2.57. The Morgan fingerprint density at radius 2 is 1.79 bits per heavy atom. The van der Waals surface area contributed by atoms with Crippen LogP contribution in [-0.2, 0) is 21.2 Å². The van der Waals surface area contributed by atoms with Crippen LogP contribution in [0.3, 0.4) is 0 Å². The second kappa shape index (κ2) is 9.08. The molecule has 1 atom stereocenters. The first-order valence-electron chi connectivity index (χ1n) is 9.35. The van der Waals surface area contributed by atoms with Gasteiger partial charge in [-0.25, -0.2) is 13.6 Å². The number of primary sulfonamides is 1. The zero-order valence-corrected chi connectivity index (χ0v) is 16.4. The third-order valence-corrected chi connectivity index (χ3v) is 5.75. The summed E-state index contributed by atoms with van der Waals surface area (Å²) < 4.78 is 22.5. The molecule has 0 aromatic heterocycles. The topological polar surface area (TPSA) is 89.6 Å². The monoisotopic (exact) mass is 396 g/mol. The summed E-state index contributed by atoms with van der Waals surface area (Å²) in [6.07, 6.45) is 7.06. The van der Waals surface area contributed by atoms with Crippen molar-refractivity contribution in [3.63, 3.8) is 0 Å². The highest BCUT2D eigenvalue weighted by atomic mass is 32.2. The summed E-state index contributed by atoms with van der Waals surface area (Å²) >= 11 is 0. The number of sulfonamides is 1. The fourth-order valence-electron chi connectivity index (χ4n) is 3.28. The van der Waals surface area contributed by atoms with E-state index in [1.807, 2.05) is 36.4 Å². The van der Waals surface area contributed by atoms with Crippen molar-refractivity contribution in [3.05, 3.63) is 71.3 Å². The van der Waals surface area contributed by atoms with Crippen LogP contribution < -0.4 is 5.14 Å². The van der Waals surface area contributed by atoms with Crippen LogP contribution in [-0.4, -0.2) is 27.0 Å². The number of carbonyl (C=O) groups excluding carboxylic acids is 1. The Balaban J connectivity index is 1.56. The van der Waals surface area contributed by atoms with Crippen LogP contribution in [0.1, 0.15) is 30.4 Å². The van der Waals surface area contributed by atoms with Gasteiger partial charge in [0, 0.05) is 12.8 Å². The molecular formula is C22H24N2O3S. The largest absolute Gasteiger partial charge is 0.296 e. The molecular weight excluding hydrogens is 372 g/mol. The highest BCUT2D eigenvalue weighted by Gasteiger charge is 2.24. The third-order valence-electron chi connectivity index (χ3n) is 4.82. The van der Waals surface area contributed by atoms with Gasteiger partial charge in [0.05, 0.1) is 10.8 Å². The highest BCUT2D eigenvalue weighted by molar-refractivity contribution is 7.89. The van der Waals surface area contributed by atoms with Gasteiger partial charge in [0.1, 0.15) is 0 Å². The fourth-order valence-corrected chi connectivity index (χ4v) is 3.80. The molecule has 0 aliphatic heterocycles. The maximum Gasteiger partial charge on any atom is 0.238 e. The number of allylic oxidation sites excluding steroid dienone is 1. The first kappa shape index (κ1) is 20.2. The molecule has 2 N–H and O–H groups in total. The maximum atomic E-state index is 12.7. The Labute approximate surface area is 166 Å². The minimum atomic E-state index is -3.67. The first-order valence-corrected chi connectivity index (χ1v) is 10.9. The molecule has 1 saturated carbocycles. The quantitative estimate of drug-likeness (QED) is 0.599. The van der Waals surface area contributed by atoms with E-state index in [4.69, 9.17) is 5.14 Å². The Bertz CT molecular complexity index is 978. The van der Waals surface area contributed by atoms with Gasteiger partial charge in [-0.2, -0.15) is 0 Å². The number of ketones is 1. The number of nitrogens with two attached hydrogens (primary N) is 1. The average molecular weight is 397 g/mol. The number of Topliss-reactive ketones (excluding diaryl/α,β-unsaturated/α-hetero) is 1. The lowest BCUT2D eigenvalue weighted by Gasteiger charge is -2.19. The molecule has 6 heteroatoms. The summed E-state index contributed by atoms with van der Waals surface area (Å²) in [6, 6.07) is 16.4. The lowest BCUT2D eigenvalue weighted by Crippen LogP contribution is -2.22. The van der Waals surface area contributed by atoms with Gasteiger partial charge in [0.25, 0.3) is 0 Å². The third kappa shape index (κ3) is 5.47. The van der Waals surface area contributed by atoms with Crippen molar-refractivity contribution in [3.8, 4) is 0 Å². The minimum absolute atomic E-state index is 0.102. The van der Waals surface area contributed by atoms with Crippen molar-refractivity contribution in [2.75, 3.05) is 6.54 Å². The van der Waals surface area contributed by atoms with E-state index in [1.165, 1.54) is 12.1 Å². The van der Waals surface area contributed by atoms with Crippen LogP contribution in [0.4, 0.5) is 0 Å². The molecule has 0 heterocycles. The molecule has 0 bridgehead atoms. The number of benzene rings is 2. The summed E-state index contributed by atoms with van der Waals surface area (Å²) in [4.78, 5) is 17.2. The van der Waals surface area contributed by atoms with E-state index in [-0.39, 0.29) is 16.6 Å². The predicted molar refractivity (Wildman–Crippen MR) is 112 cm³/mol. The van der Waals surface area contributed by atoms with Crippen molar-refractivity contribution < 1.29 is 13.2 Å². The van der Waals surface area contributed by atoms with Crippen molar-refractivity contribution in [2.24, 2.45) is 16.0 Å². The number of carbonyl (C=O) groups is 1. The van der Waals surface area contributed by atoms with Crippen LogP contribution in [0.2, 0.25) is 0 Å². The lowest BCUT2D eigenvalue weighted by molar-refractivity contribution is -0.118. The first-order chi connectivity index (χ1) is 13.4. The predicted octanol–water partition coefficient (Wildman–Crippen LogP) is 3.40. The van der Waals surface area contributed by atoms with E-state index in [0.29, 0.717) is 13.0 Å². The Morgan fingerprint density at radius 1 is 1.07 bits per heavy atom. The lowest BCUT2D eigenvalue weighted by atomic mass is 9.84. The molecule has 0 unspecified atom stereocenters. The van der Waals surface area contributed by atoms with Gasteiger partial charge < -0.3 is 0 Å². The number of aliphatic imine (C=N–C) groups is 1. The summed E-state index contributed by atoms with van der Waals surface area (Å²) in [6.45, 7) is 0.552. The second-order valence-corrected chi connectivity index (χ2v) is 8.50. The van der Waals surface area contributed by atoms with Gasteiger partial charge in [0.2, 0.25) is 10.0 Å². The van der Waals surface area contributed by atoms with Crippen molar-refractivity contribution in [1.82, 2.24) is 0 Å². The number of nitrogens with zero attached hydrogens (tertiary/aromatic N) is 1. The van der Waals surface area contributed by atoms with Gasteiger partial charge in [-0.05, 0) is 60.6 Å². The summed E-state index contributed by atoms with van der Waals surface area (Å²) in [5.41, 5.74) is 2.89. The highest BCUT2D eigenvalue weighted by Crippen LogP contribution is 2.26. The van der Waals surface area contributed by atoms with E-state index >= 15 is 0 Å². The molecule has 2 aromatic rings. The molecule has 0 saturated heterocycles. The zero-order valence-electron chi connectivity index (χ0n) is 15.6. The summed E-state index contributed by atoms with van der Waals surface area (Å²) in [5, 5.41) is 5.10. The van der Waals surface area contributed by atoms with Gasteiger partial charge in [0.15, 0.2) is 5.78 Å². The molecule has 1 fully saturated rings. The molecule has 146 valence electrons. The van der Waals surface area contributed by atoms with Gasteiger partial charge >= 0.3 is 0 Å². The van der Waals surface area contributed by atoms with E-state index in [1.54, 1.807) is 18.3 Å². The normalized spacial score (nSPS) is 19.4. The standard InChI is InChI=1S/C22H24N2O3S/c23-28(26,27)21-11-9-17(10-12-21)13-14-24-16-20-8-4-7-19(22(20)25)15-18-5-2-1-3-6-18/h1-3,5-6,9-12,15-16,20H,4,7-8,13-14H2,(H2,23,26,27)/b19-15-,24-16?/t20-/m0/s1. The molecule has 5 nitrogen and oxygen atoms in total. The molecule has 1 aliphatic rings. The van der Waals surface area contributed by atoms with Crippen molar-refractivity contribution >= 4 is 28.1 Å². The van der Waals surface area contributed by atoms with E-state index < -0.39 is 10.0 Å². The van der Waals surface area contributed by atoms with Gasteiger partial charge in [-0.15, -0.1) is 0 Å². The zero-order chi connectivity index (χ0) is 20.0. The fraction of sp³-hybridized carbons (Fsp3) is 0.273. The molecule has 0 amide bonds. The van der Waals surface area contributed by atoms with E-state index in [2.05, 4.69) is 4.99 Å². The number of hydrogen-bond acceptors (Lipinski definition) is 4. The average Bonchev–Trinajstić information content (AvgIpc) is 2.68. The van der Waals surface area contributed by atoms with E-state index in [0.717, 1.165) is 36.0 Å². The molecule has 0 radical (unpaired) electrons. The van der Waals surface area contributed by atoms with E-state index in [9.17, 15) is 13.2 Å². The molecule has 1 aliphatic carbocycles. The van der Waals surface area contributed by atoms with Crippen LogP contribution in [0.5, 0.6) is 0 Å². The summed E-state index contributed by atoms with van der Waals surface area (Å²) in [5.74, 6) is 0.00447. The number of hydrogen-bond donors (Lipinski definition) is 1. The van der Waals surface area contributed by atoms with Crippen LogP contribution >= 0.6 is 0 Å². The maximum absolute atomic E-state index is 12.7. The van der Waals surface area contributed by atoms with Crippen LogP contribution in [0.15, 0.2) is 70.1 Å². The molecule has 28 heavy (non-hydrogen) atoms. The second-order valence-electron chi connectivity index (χ2n) is 6.94. The Kier molecular flexibility index (Phi) is 6.54. The number of rotatable bonds is 6. The summed E-state index contributed by atoms with van der Waals surface area (Å²) in [7, 11) is -3.67. The molecule has 0 spiro atoms. The van der Waals surface area contributed by atoms with Crippen molar-refractivity contribution in [1.29, 1.82) is 0 Å². The van der Waals surface area contributed by atoms with Gasteiger partial charge in [-0.1, -0.05) is 42.5 Å². The SMILES string of the molecule is NS(=O)(=O)c1ccc(CCN=C[C@@H]2CCC/C(=C/c3ccccc3)C2=O)cc1.